The zero-order valence-electron chi connectivity index (χ0n) is 10.1. The van der Waals surface area contributed by atoms with Crippen molar-refractivity contribution in [1.82, 2.24) is 0 Å². The summed E-state index contributed by atoms with van der Waals surface area (Å²) in [4.78, 5) is 0. The Morgan fingerprint density at radius 2 is 2.00 bits per heavy atom. The molecule has 2 unspecified atom stereocenters. The van der Waals surface area contributed by atoms with Crippen LogP contribution in [0.3, 0.4) is 0 Å². The molecule has 0 radical (unpaired) electrons. The molecule has 106 valence electrons. The van der Waals surface area contributed by atoms with Gasteiger partial charge >= 0.3 is 6.18 Å². The van der Waals surface area contributed by atoms with Gasteiger partial charge in [0.25, 0.3) is 0 Å². The van der Waals surface area contributed by atoms with Crippen LogP contribution in [0.25, 0.3) is 0 Å². The number of halogens is 5. The van der Waals surface area contributed by atoms with Crippen LogP contribution >= 0.6 is 27.5 Å². The number of hydrogen-bond donors (Lipinski definition) is 1. The summed E-state index contributed by atoms with van der Waals surface area (Å²) in [5.41, 5.74) is 0.684. The Labute approximate surface area is 123 Å². The third-order valence-electron chi connectivity index (χ3n) is 3.43. The van der Waals surface area contributed by atoms with E-state index >= 15 is 0 Å². The fraction of sp³-hybridized carbons (Fsp3) is 0.538. The quantitative estimate of drug-likeness (QED) is 0.723. The number of rotatable bonds is 2. The van der Waals surface area contributed by atoms with Crippen LogP contribution in [0.2, 0.25) is 5.02 Å². The van der Waals surface area contributed by atoms with Gasteiger partial charge in [-0.2, -0.15) is 13.2 Å². The van der Waals surface area contributed by atoms with E-state index in [0.29, 0.717) is 17.1 Å². The Kier molecular flexibility index (Phi) is 4.66. The largest absolute Gasteiger partial charge is 0.391 e. The van der Waals surface area contributed by atoms with Crippen LogP contribution in [0.15, 0.2) is 22.7 Å². The van der Waals surface area contributed by atoms with Crippen molar-refractivity contribution in [1.29, 1.82) is 0 Å². The van der Waals surface area contributed by atoms with E-state index in [1.165, 1.54) is 0 Å². The van der Waals surface area contributed by atoms with Gasteiger partial charge in [0.2, 0.25) is 0 Å². The van der Waals surface area contributed by atoms with E-state index in [9.17, 15) is 13.2 Å². The van der Waals surface area contributed by atoms with Crippen molar-refractivity contribution >= 4 is 33.2 Å². The van der Waals surface area contributed by atoms with Crippen LogP contribution < -0.4 is 5.32 Å². The second-order valence-electron chi connectivity index (χ2n) is 4.87. The van der Waals surface area contributed by atoms with Crippen molar-refractivity contribution < 1.29 is 13.2 Å². The summed E-state index contributed by atoms with van der Waals surface area (Å²) in [6.45, 7) is 0. The second-order valence-corrected chi connectivity index (χ2v) is 6.19. The Bertz CT molecular complexity index is 450. The molecule has 0 spiro atoms. The summed E-state index contributed by atoms with van der Waals surface area (Å²) >= 11 is 9.36. The molecule has 0 aliphatic heterocycles. The first-order valence-corrected chi connectivity index (χ1v) is 7.31. The maximum absolute atomic E-state index is 12.7. The molecule has 1 N–H and O–H groups in total. The molecule has 0 amide bonds. The first-order chi connectivity index (χ1) is 8.86. The van der Waals surface area contributed by atoms with Gasteiger partial charge in [0.05, 0.1) is 16.6 Å². The topological polar surface area (TPSA) is 12.0 Å². The number of hydrogen-bond acceptors (Lipinski definition) is 1. The van der Waals surface area contributed by atoms with E-state index in [1.54, 1.807) is 18.2 Å². The molecule has 0 bridgehead atoms. The van der Waals surface area contributed by atoms with Gasteiger partial charge in [0.15, 0.2) is 0 Å². The van der Waals surface area contributed by atoms with Crippen LogP contribution in [0.5, 0.6) is 0 Å². The average Bonchev–Trinajstić information content (AvgIpc) is 2.33. The van der Waals surface area contributed by atoms with E-state index in [-0.39, 0.29) is 18.9 Å². The van der Waals surface area contributed by atoms with Crippen molar-refractivity contribution in [3.05, 3.63) is 27.7 Å². The lowest BCUT2D eigenvalue weighted by molar-refractivity contribution is -0.182. The minimum absolute atomic E-state index is 0.117. The van der Waals surface area contributed by atoms with Crippen molar-refractivity contribution in [3.8, 4) is 0 Å². The molecule has 1 nitrogen and oxygen atoms in total. The van der Waals surface area contributed by atoms with E-state index in [0.717, 1.165) is 10.9 Å². The van der Waals surface area contributed by atoms with Gasteiger partial charge in [-0.15, -0.1) is 0 Å². The number of nitrogens with one attached hydrogen (secondary N) is 1. The van der Waals surface area contributed by atoms with Crippen LogP contribution in [-0.4, -0.2) is 12.2 Å². The summed E-state index contributed by atoms with van der Waals surface area (Å²) < 4.78 is 39.1. The summed E-state index contributed by atoms with van der Waals surface area (Å²) in [5, 5.41) is 3.66. The molecule has 1 saturated carbocycles. The smallest absolute Gasteiger partial charge is 0.381 e. The van der Waals surface area contributed by atoms with Gasteiger partial charge in [0, 0.05) is 10.5 Å². The molecule has 2 atom stereocenters. The third-order valence-corrected chi connectivity index (χ3v) is 4.25. The molecule has 0 heterocycles. The standard InChI is InChI=1S/C13H14BrClF3N/c14-9-4-5-11(15)12(7-9)19-10-3-1-2-8(6-10)13(16,17)18/h4-5,7-8,10,19H,1-3,6H2. The number of benzene rings is 1. The summed E-state index contributed by atoms with van der Waals surface area (Å²) in [5.74, 6) is -1.20. The fourth-order valence-corrected chi connectivity index (χ4v) is 2.98. The predicted molar refractivity (Wildman–Crippen MR) is 74.6 cm³/mol. The molecule has 0 aromatic heterocycles. The molecule has 2 rings (SSSR count). The summed E-state index contributed by atoms with van der Waals surface area (Å²) in [6, 6.07) is 5.14. The van der Waals surface area contributed by atoms with Gasteiger partial charge in [-0.3, -0.25) is 0 Å². The lowest BCUT2D eigenvalue weighted by Crippen LogP contribution is -2.34. The van der Waals surface area contributed by atoms with E-state index in [2.05, 4.69) is 21.2 Å². The number of anilines is 1. The van der Waals surface area contributed by atoms with Crippen molar-refractivity contribution in [2.45, 2.75) is 37.9 Å². The van der Waals surface area contributed by atoms with E-state index in [4.69, 9.17) is 11.6 Å². The van der Waals surface area contributed by atoms with Crippen LogP contribution in [0.1, 0.15) is 25.7 Å². The first-order valence-electron chi connectivity index (χ1n) is 6.14. The fourth-order valence-electron chi connectivity index (χ4n) is 2.45. The van der Waals surface area contributed by atoms with Crippen LogP contribution in [0, 0.1) is 5.92 Å². The van der Waals surface area contributed by atoms with Gasteiger partial charge in [-0.05, 0) is 37.5 Å². The van der Waals surface area contributed by atoms with E-state index < -0.39 is 12.1 Å². The maximum atomic E-state index is 12.7. The van der Waals surface area contributed by atoms with Gasteiger partial charge in [-0.1, -0.05) is 34.0 Å². The molecule has 1 aliphatic rings. The van der Waals surface area contributed by atoms with Crippen LogP contribution in [-0.2, 0) is 0 Å². The molecule has 6 heteroatoms. The maximum Gasteiger partial charge on any atom is 0.391 e. The average molecular weight is 357 g/mol. The highest BCUT2D eigenvalue weighted by molar-refractivity contribution is 9.10. The monoisotopic (exact) mass is 355 g/mol. The van der Waals surface area contributed by atoms with Crippen molar-refractivity contribution in [3.63, 3.8) is 0 Å². The summed E-state index contributed by atoms with van der Waals surface area (Å²) in [7, 11) is 0. The highest BCUT2D eigenvalue weighted by atomic mass is 79.9. The zero-order valence-corrected chi connectivity index (χ0v) is 12.4. The SMILES string of the molecule is FC(F)(F)C1CCCC(Nc2cc(Br)ccc2Cl)C1. The Morgan fingerprint density at radius 1 is 1.26 bits per heavy atom. The lowest BCUT2D eigenvalue weighted by atomic mass is 9.85. The van der Waals surface area contributed by atoms with Gasteiger partial charge in [-0.25, -0.2) is 0 Å². The first kappa shape index (κ1) is 15.0. The lowest BCUT2D eigenvalue weighted by Gasteiger charge is -2.31. The Hall–Kier alpha value is -0.420. The van der Waals surface area contributed by atoms with E-state index in [1.807, 2.05) is 0 Å². The molecule has 19 heavy (non-hydrogen) atoms. The zero-order chi connectivity index (χ0) is 14.0. The molecule has 1 fully saturated rings. The molecule has 0 saturated heterocycles. The van der Waals surface area contributed by atoms with Crippen molar-refractivity contribution in [2.24, 2.45) is 5.92 Å². The highest BCUT2D eigenvalue weighted by Gasteiger charge is 2.42. The molecular weight excluding hydrogens is 343 g/mol. The normalized spacial score (nSPS) is 24.3. The molecule has 1 aromatic carbocycles. The summed E-state index contributed by atoms with van der Waals surface area (Å²) in [6.07, 6.45) is -2.41. The van der Waals surface area contributed by atoms with Crippen LogP contribution in [0.4, 0.5) is 18.9 Å². The highest BCUT2D eigenvalue weighted by Crippen LogP contribution is 2.39. The van der Waals surface area contributed by atoms with Gasteiger partial charge in [0.1, 0.15) is 0 Å². The number of alkyl halides is 3. The predicted octanol–water partition coefficient (Wildman–Crippen LogP) is 5.64. The minimum atomic E-state index is -4.10. The van der Waals surface area contributed by atoms with Gasteiger partial charge < -0.3 is 5.32 Å². The third kappa shape index (κ3) is 4.02. The minimum Gasteiger partial charge on any atom is -0.381 e. The molecule has 1 aromatic rings. The van der Waals surface area contributed by atoms with Crippen molar-refractivity contribution in [2.75, 3.05) is 5.32 Å². The molecule has 1 aliphatic carbocycles. The Morgan fingerprint density at radius 3 is 2.68 bits per heavy atom. The Balaban J connectivity index is 2.05. The molecular formula is C13H14BrClF3N. The second kappa shape index (κ2) is 5.92.